The van der Waals surface area contributed by atoms with E-state index in [1.54, 1.807) is 35.3 Å². The Kier molecular flexibility index (Phi) is 3.53. The fourth-order valence-corrected chi connectivity index (χ4v) is 2.38. The molecule has 120 valence electrons. The van der Waals surface area contributed by atoms with Crippen molar-refractivity contribution in [1.82, 2.24) is 9.55 Å². The summed E-state index contributed by atoms with van der Waals surface area (Å²) < 4.78 is 13.5. The van der Waals surface area contributed by atoms with Gasteiger partial charge in [-0.1, -0.05) is 0 Å². The van der Waals surface area contributed by atoms with Crippen LogP contribution in [0, 0.1) is 10.1 Å². The molecule has 7 nitrogen and oxygen atoms in total. The second-order valence-corrected chi connectivity index (χ2v) is 6.55. The first kappa shape index (κ1) is 15.7. The van der Waals surface area contributed by atoms with Gasteiger partial charge in [-0.2, -0.15) is 0 Å². The molecule has 0 unspecified atom stereocenters. The fourth-order valence-electron chi connectivity index (χ4n) is 2.38. The summed E-state index contributed by atoms with van der Waals surface area (Å²) in [5.41, 5.74) is -0.573. The third kappa shape index (κ3) is 2.64. The SMILES string of the molecule is CC1(C)OB(c2cnc(-n3cccc3)c([N+](=O)[O-])c2)OC1(C)C. The van der Waals surface area contributed by atoms with Crippen LogP contribution in [0.3, 0.4) is 0 Å². The Hall–Kier alpha value is -2.19. The summed E-state index contributed by atoms with van der Waals surface area (Å²) in [6, 6.07) is 5.03. The average Bonchev–Trinajstić information content (AvgIpc) is 3.05. The fraction of sp³-hybridized carbons (Fsp3) is 0.400. The second-order valence-electron chi connectivity index (χ2n) is 6.55. The summed E-state index contributed by atoms with van der Waals surface area (Å²) >= 11 is 0. The van der Waals surface area contributed by atoms with Crippen molar-refractivity contribution in [2.45, 2.75) is 38.9 Å². The van der Waals surface area contributed by atoms with Crippen LogP contribution >= 0.6 is 0 Å². The van der Waals surface area contributed by atoms with Gasteiger partial charge >= 0.3 is 12.8 Å². The van der Waals surface area contributed by atoms with Crippen molar-refractivity contribution >= 4 is 18.3 Å². The lowest BCUT2D eigenvalue weighted by Gasteiger charge is -2.32. The highest BCUT2D eigenvalue weighted by atomic mass is 16.7. The third-order valence-electron chi connectivity index (χ3n) is 4.44. The molecule has 1 aliphatic heterocycles. The maximum Gasteiger partial charge on any atom is 0.496 e. The molecular formula is C15H18BN3O4. The Labute approximate surface area is 134 Å². The van der Waals surface area contributed by atoms with E-state index in [1.165, 1.54) is 6.07 Å². The smallest absolute Gasteiger partial charge is 0.399 e. The van der Waals surface area contributed by atoms with Crippen molar-refractivity contribution in [2.75, 3.05) is 0 Å². The summed E-state index contributed by atoms with van der Waals surface area (Å²) in [6.07, 6.45) is 4.98. The standard InChI is InChI=1S/C15H18BN3O4/c1-14(2)15(3,4)23-16(22-14)11-9-12(19(20)21)13(17-10-11)18-7-5-6-8-18/h5-10H,1-4H3. The molecule has 0 aromatic carbocycles. The van der Waals surface area contributed by atoms with E-state index in [0.717, 1.165) is 0 Å². The maximum absolute atomic E-state index is 11.4. The van der Waals surface area contributed by atoms with Crippen LogP contribution in [0.2, 0.25) is 0 Å². The first-order valence-electron chi connectivity index (χ1n) is 7.34. The first-order valence-corrected chi connectivity index (χ1v) is 7.34. The molecule has 0 spiro atoms. The zero-order chi connectivity index (χ0) is 16.8. The van der Waals surface area contributed by atoms with Gasteiger partial charge in [0.1, 0.15) is 0 Å². The Morgan fingerprint density at radius 2 is 1.74 bits per heavy atom. The normalized spacial score (nSPS) is 19.0. The summed E-state index contributed by atoms with van der Waals surface area (Å²) in [5, 5.41) is 11.4. The van der Waals surface area contributed by atoms with Crippen LogP contribution in [0.15, 0.2) is 36.8 Å². The number of hydrogen-bond donors (Lipinski definition) is 0. The molecule has 0 aliphatic carbocycles. The van der Waals surface area contributed by atoms with Crippen molar-refractivity contribution in [3.05, 3.63) is 46.9 Å². The van der Waals surface area contributed by atoms with E-state index in [2.05, 4.69) is 4.98 Å². The molecule has 3 heterocycles. The van der Waals surface area contributed by atoms with Gasteiger partial charge in [-0.25, -0.2) is 4.98 Å². The average molecular weight is 315 g/mol. The molecule has 0 bridgehead atoms. The van der Waals surface area contributed by atoms with Gasteiger partial charge in [0.2, 0.25) is 5.82 Å². The van der Waals surface area contributed by atoms with E-state index < -0.39 is 23.2 Å². The molecule has 1 aliphatic rings. The van der Waals surface area contributed by atoms with Crippen LogP contribution in [-0.4, -0.2) is 32.8 Å². The molecule has 0 radical (unpaired) electrons. The van der Waals surface area contributed by atoms with Crippen LogP contribution in [0.4, 0.5) is 5.69 Å². The summed E-state index contributed by atoms with van der Waals surface area (Å²) in [4.78, 5) is 15.2. The van der Waals surface area contributed by atoms with E-state index in [4.69, 9.17) is 9.31 Å². The van der Waals surface area contributed by atoms with Crippen molar-refractivity contribution in [3.63, 3.8) is 0 Å². The summed E-state index contributed by atoms with van der Waals surface area (Å²) in [6.45, 7) is 7.73. The van der Waals surface area contributed by atoms with Crippen LogP contribution in [0.1, 0.15) is 27.7 Å². The minimum absolute atomic E-state index is 0.0894. The molecule has 2 aromatic rings. The maximum atomic E-state index is 11.4. The molecule has 0 amide bonds. The minimum Gasteiger partial charge on any atom is -0.399 e. The van der Waals surface area contributed by atoms with Crippen LogP contribution in [0.25, 0.3) is 5.82 Å². The van der Waals surface area contributed by atoms with Gasteiger partial charge in [0, 0.05) is 30.1 Å². The zero-order valence-corrected chi connectivity index (χ0v) is 13.5. The number of hydrogen-bond acceptors (Lipinski definition) is 5. The van der Waals surface area contributed by atoms with Gasteiger partial charge in [0.15, 0.2) is 0 Å². The highest BCUT2D eigenvalue weighted by molar-refractivity contribution is 6.62. The van der Waals surface area contributed by atoms with Crippen LogP contribution in [0.5, 0.6) is 0 Å². The number of nitro groups is 1. The van der Waals surface area contributed by atoms with E-state index in [0.29, 0.717) is 5.46 Å². The topological polar surface area (TPSA) is 79.4 Å². The Morgan fingerprint density at radius 3 is 2.26 bits per heavy atom. The molecule has 0 saturated carbocycles. The first-order chi connectivity index (χ1) is 10.7. The largest absolute Gasteiger partial charge is 0.496 e. The Bertz CT molecular complexity index is 727. The predicted molar refractivity (Wildman–Crippen MR) is 85.9 cm³/mol. The summed E-state index contributed by atoms with van der Waals surface area (Å²) in [5.74, 6) is 0.264. The molecule has 8 heteroatoms. The lowest BCUT2D eigenvalue weighted by atomic mass is 9.80. The summed E-state index contributed by atoms with van der Waals surface area (Å²) in [7, 11) is -0.676. The van der Waals surface area contributed by atoms with E-state index in [9.17, 15) is 10.1 Å². The van der Waals surface area contributed by atoms with E-state index in [-0.39, 0.29) is 11.5 Å². The molecule has 0 atom stereocenters. The Morgan fingerprint density at radius 1 is 1.17 bits per heavy atom. The second kappa shape index (κ2) is 5.18. The van der Waals surface area contributed by atoms with Gasteiger partial charge < -0.3 is 13.9 Å². The highest BCUT2D eigenvalue weighted by Gasteiger charge is 2.52. The number of nitrogens with zero attached hydrogens (tertiary/aromatic N) is 3. The molecule has 2 aromatic heterocycles. The minimum atomic E-state index is -0.676. The third-order valence-corrected chi connectivity index (χ3v) is 4.44. The van der Waals surface area contributed by atoms with E-state index in [1.807, 2.05) is 27.7 Å². The van der Waals surface area contributed by atoms with Crippen molar-refractivity contribution in [1.29, 1.82) is 0 Å². The number of aromatic nitrogens is 2. The van der Waals surface area contributed by atoms with Gasteiger partial charge in [-0.15, -0.1) is 0 Å². The lowest BCUT2D eigenvalue weighted by molar-refractivity contribution is -0.384. The van der Waals surface area contributed by atoms with Gasteiger partial charge in [-0.3, -0.25) is 10.1 Å². The van der Waals surface area contributed by atoms with Gasteiger partial charge in [-0.05, 0) is 39.8 Å². The lowest BCUT2D eigenvalue weighted by Crippen LogP contribution is -2.41. The van der Waals surface area contributed by atoms with Crippen LogP contribution < -0.4 is 5.46 Å². The van der Waals surface area contributed by atoms with Crippen molar-refractivity contribution in [2.24, 2.45) is 0 Å². The Balaban J connectivity index is 2.00. The number of rotatable bonds is 3. The van der Waals surface area contributed by atoms with Crippen molar-refractivity contribution in [3.8, 4) is 5.82 Å². The number of pyridine rings is 1. The van der Waals surface area contributed by atoms with Gasteiger partial charge in [0.25, 0.3) is 0 Å². The van der Waals surface area contributed by atoms with Crippen LogP contribution in [-0.2, 0) is 9.31 Å². The highest BCUT2D eigenvalue weighted by Crippen LogP contribution is 2.36. The van der Waals surface area contributed by atoms with Gasteiger partial charge in [0.05, 0.1) is 16.1 Å². The van der Waals surface area contributed by atoms with Crippen molar-refractivity contribution < 1.29 is 14.2 Å². The monoisotopic (exact) mass is 315 g/mol. The zero-order valence-electron chi connectivity index (χ0n) is 13.5. The quantitative estimate of drug-likeness (QED) is 0.492. The molecule has 1 saturated heterocycles. The predicted octanol–water partition coefficient (Wildman–Crippen LogP) is 2.08. The molecule has 23 heavy (non-hydrogen) atoms. The van der Waals surface area contributed by atoms with E-state index >= 15 is 0 Å². The molecule has 1 fully saturated rings. The molecular weight excluding hydrogens is 297 g/mol. The molecule has 3 rings (SSSR count). The molecule has 0 N–H and O–H groups in total.